The minimum Gasteiger partial charge on any atom is -0.506 e. The first kappa shape index (κ1) is 41.9. The SMILES string of the molecule is CCCOc1c2cc(C(C)(C)C)cc1Sc1cc(C(C)(C)C)cc(c1O)Cc1cc(C(C)(C)C)cc(c1OCCC)Sc1cc(C(C)(C)C)cc(c1O)C2. The molecule has 0 fully saturated rings. The van der Waals surface area contributed by atoms with E-state index in [2.05, 4.69) is 145 Å². The molecule has 0 atom stereocenters. The molecule has 1 aliphatic rings. The fourth-order valence-corrected chi connectivity index (χ4v) is 8.84. The molecule has 4 nitrogen and oxygen atoms in total. The molecule has 0 radical (unpaired) electrons. The Morgan fingerprint density at radius 2 is 0.722 bits per heavy atom. The van der Waals surface area contributed by atoms with Crippen molar-refractivity contribution in [3.8, 4) is 23.0 Å². The van der Waals surface area contributed by atoms with E-state index in [1.807, 2.05) is 0 Å². The molecule has 4 aromatic carbocycles. The van der Waals surface area contributed by atoms with Crippen LogP contribution >= 0.6 is 23.5 Å². The molecule has 8 bridgehead atoms. The van der Waals surface area contributed by atoms with Gasteiger partial charge in [0.05, 0.1) is 32.8 Å². The van der Waals surface area contributed by atoms with Gasteiger partial charge < -0.3 is 19.7 Å². The van der Waals surface area contributed by atoms with Crippen LogP contribution in [0.5, 0.6) is 23.0 Å². The van der Waals surface area contributed by atoms with Crippen LogP contribution in [0.15, 0.2) is 68.1 Å². The third kappa shape index (κ3) is 9.41. The van der Waals surface area contributed by atoms with E-state index in [-0.39, 0.29) is 21.7 Å². The molecule has 1 aliphatic heterocycles. The molecule has 0 amide bonds. The summed E-state index contributed by atoms with van der Waals surface area (Å²) in [7, 11) is 0. The summed E-state index contributed by atoms with van der Waals surface area (Å²) in [5, 5.41) is 24.6. The summed E-state index contributed by atoms with van der Waals surface area (Å²) in [5.41, 5.74) is 7.87. The summed E-state index contributed by atoms with van der Waals surface area (Å²) in [6, 6.07) is 17.7. The first-order chi connectivity index (χ1) is 25.0. The Labute approximate surface area is 334 Å². The standard InChI is InChI=1S/C48H64O4S2/c1-15-17-51-43-31-19-29-21-33(45(3,4)5)26-38(41(29)49)54-40-28-36(48(12,13)14)24-32(44(40)52-18-16-2)20-30-22-34(46(6,7)8)25-37(42(30)50)53-39(43)27-35(23-31)47(9,10)11/h21-28,49-50H,15-20H2,1-14H3. The smallest absolute Gasteiger partial charge is 0.136 e. The van der Waals surface area contributed by atoms with Gasteiger partial charge in [0, 0.05) is 24.0 Å². The monoisotopic (exact) mass is 768 g/mol. The first-order valence-corrected chi connectivity index (χ1v) is 21.3. The topological polar surface area (TPSA) is 58.9 Å². The number of hydrogen-bond acceptors (Lipinski definition) is 6. The average Bonchev–Trinajstić information content (AvgIpc) is 3.04. The number of fused-ring (bicyclic) bond motifs is 8. The molecule has 1 heterocycles. The number of phenols is 2. The molecular formula is C48H64O4S2. The van der Waals surface area contributed by atoms with Gasteiger partial charge >= 0.3 is 0 Å². The lowest BCUT2D eigenvalue weighted by atomic mass is 9.83. The van der Waals surface area contributed by atoms with Crippen LogP contribution in [0.1, 0.15) is 154 Å². The summed E-state index contributed by atoms with van der Waals surface area (Å²) in [6.45, 7) is 32.2. The summed E-state index contributed by atoms with van der Waals surface area (Å²) >= 11 is 3.16. The molecule has 0 saturated heterocycles. The zero-order chi connectivity index (χ0) is 40.0. The normalized spacial score (nSPS) is 13.9. The number of ether oxygens (including phenoxy) is 2. The molecule has 0 unspecified atom stereocenters. The van der Waals surface area contributed by atoms with Gasteiger partial charge in [0.2, 0.25) is 0 Å². The van der Waals surface area contributed by atoms with Crippen molar-refractivity contribution in [1.82, 2.24) is 0 Å². The van der Waals surface area contributed by atoms with Crippen molar-refractivity contribution in [2.75, 3.05) is 13.2 Å². The number of hydrogen-bond donors (Lipinski definition) is 2. The second kappa shape index (κ2) is 15.7. The maximum Gasteiger partial charge on any atom is 0.136 e. The molecule has 0 aliphatic carbocycles. The molecule has 0 spiro atoms. The molecule has 292 valence electrons. The van der Waals surface area contributed by atoms with Gasteiger partial charge in [-0.3, -0.25) is 0 Å². The lowest BCUT2D eigenvalue weighted by Gasteiger charge is -2.27. The van der Waals surface area contributed by atoms with Crippen molar-refractivity contribution in [3.63, 3.8) is 0 Å². The molecule has 0 aromatic heterocycles. The van der Waals surface area contributed by atoms with Gasteiger partial charge in [-0.2, -0.15) is 0 Å². The van der Waals surface area contributed by atoms with Crippen molar-refractivity contribution in [3.05, 3.63) is 93.0 Å². The lowest BCUT2D eigenvalue weighted by molar-refractivity contribution is 0.306. The summed E-state index contributed by atoms with van der Waals surface area (Å²) in [4.78, 5) is 3.55. The van der Waals surface area contributed by atoms with E-state index in [1.54, 1.807) is 23.5 Å². The average molecular weight is 769 g/mol. The predicted octanol–water partition coefficient (Wildman–Crippen LogP) is 13.7. The molecular weight excluding hydrogens is 705 g/mol. The Morgan fingerprint density at radius 1 is 0.444 bits per heavy atom. The third-order valence-corrected chi connectivity index (χ3v) is 12.2. The van der Waals surface area contributed by atoms with Crippen molar-refractivity contribution in [2.45, 2.75) is 164 Å². The van der Waals surface area contributed by atoms with E-state index in [4.69, 9.17) is 9.47 Å². The Bertz CT molecular complexity index is 1760. The van der Waals surface area contributed by atoms with Gasteiger partial charge in [-0.15, -0.1) is 0 Å². The fraction of sp³-hybridized carbons (Fsp3) is 0.500. The van der Waals surface area contributed by atoms with Crippen LogP contribution in [0.4, 0.5) is 0 Å². The maximum atomic E-state index is 12.3. The number of benzene rings is 4. The van der Waals surface area contributed by atoms with Gasteiger partial charge in [0.15, 0.2) is 0 Å². The van der Waals surface area contributed by atoms with Crippen LogP contribution in [0.2, 0.25) is 0 Å². The van der Waals surface area contributed by atoms with Gasteiger partial charge in [-0.1, -0.05) is 145 Å². The van der Waals surface area contributed by atoms with Gasteiger partial charge in [-0.25, -0.2) is 0 Å². The minimum absolute atomic E-state index is 0.145. The van der Waals surface area contributed by atoms with Crippen molar-refractivity contribution >= 4 is 23.5 Å². The highest BCUT2D eigenvalue weighted by molar-refractivity contribution is 7.99. The van der Waals surface area contributed by atoms with E-state index in [9.17, 15) is 10.2 Å². The van der Waals surface area contributed by atoms with Crippen LogP contribution in [-0.2, 0) is 34.5 Å². The minimum atomic E-state index is -0.153. The zero-order valence-electron chi connectivity index (χ0n) is 35.4. The highest BCUT2D eigenvalue weighted by atomic mass is 32.2. The lowest BCUT2D eigenvalue weighted by Crippen LogP contribution is -2.15. The number of aromatic hydroxyl groups is 2. The van der Waals surface area contributed by atoms with Gasteiger partial charge in [-0.05, 0) is 92.1 Å². The molecule has 4 aromatic rings. The molecule has 0 saturated carbocycles. The molecule has 5 rings (SSSR count). The molecule has 2 N–H and O–H groups in total. The maximum absolute atomic E-state index is 12.3. The highest BCUT2D eigenvalue weighted by Crippen LogP contribution is 2.50. The second-order valence-electron chi connectivity index (χ2n) is 19.1. The third-order valence-electron chi connectivity index (χ3n) is 10.1. The molecule has 54 heavy (non-hydrogen) atoms. The van der Waals surface area contributed by atoms with Crippen LogP contribution in [0.3, 0.4) is 0 Å². The Balaban J connectivity index is 1.95. The van der Waals surface area contributed by atoms with E-state index in [1.165, 1.54) is 11.1 Å². The first-order valence-electron chi connectivity index (χ1n) is 19.7. The van der Waals surface area contributed by atoms with E-state index < -0.39 is 0 Å². The van der Waals surface area contributed by atoms with Crippen LogP contribution in [0, 0.1) is 0 Å². The Morgan fingerprint density at radius 3 is 1.00 bits per heavy atom. The highest BCUT2D eigenvalue weighted by Gasteiger charge is 2.29. The quantitative estimate of drug-likeness (QED) is 0.179. The van der Waals surface area contributed by atoms with Gasteiger partial charge in [0.25, 0.3) is 0 Å². The summed E-state index contributed by atoms with van der Waals surface area (Å²) in [5.74, 6) is 2.21. The summed E-state index contributed by atoms with van der Waals surface area (Å²) < 4.78 is 13.4. The van der Waals surface area contributed by atoms with Crippen molar-refractivity contribution < 1.29 is 19.7 Å². The van der Waals surface area contributed by atoms with Crippen molar-refractivity contribution in [2.24, 2.45) is 0 Å². The summed E-state index contributed by atoms with van der Waals surface area (Å²) in [6.07, 6.45) is 2.71. The van der Waals surface area contributed by atoms with E-state index in [0.717, 1.165) is 77.3 Å². The van der Waals surface area contributed by atoms with Crippen LogP contribution in [0.25, 0.3) is 0 Å². The number of rotatable bonds is 6. The Kier molecular flexibility index (Phi) is 12.2. The molecule has 6 heteroatoms. The van der Waals surface area contributed by atoms with Crippen molar-refractivity contribution in [1.29, 1.82) is 0 Å². The van der Waals surface area contributed by atoms with E-state index in [0.29, 0.717) is 37.6 Å². The van der Waals surface area contributed by atoms with Crippen LogP contribution < -0.4 is 9.47 Å². The Hall–Kier alpha value is -3.22. The second-order valence-corrected chi connectivity index (χ2v) is 21.3. The van der Waals surface area contributed by atoms with Crippen LogP contribution in [-0.4, -0.2) is 23.4 Å². The van der Waals surface area contributed by atoms with Gasteiger partial charge in [0.1, 0.15) is 23.0 Å². The predicted molar refractivity (Wildman–Crippen MR) is 229 cm³/mol. The zero-order valence-corrected chi connectivity index (χ0v) is 37.0. The largest absolute Gasteiger partial charge is 0.506 e. The van der Waals surface area contributed by atoms with E-state index >= 15 is 0 Å². The fourth-order valence-electron chi connectivity index (χ4n) is 6.61. The number of phenolic OH excluding ortho intramolecular Hbond substituents is 2.